The molecule has 5 rings (SSSR count). The highest BCUT2D eigenvalue weighted by Crippen LogP contribution is 2.39. The number of amides is 2. The third kappa shape index (κ3) is 7.47. The van der Waals surface area contributed by atoms with Gasteiger partial charge in [0.2, 0.25) is 15.9 Å². The van der Waals surface area contributed by atoms with Crippen LogP contribution in [-0.2, 0) is 24.3 Å². The van der Waals surface area contributed by atoms with Crippen LogP contribution in [0.3, 0.4) is 0 Å². The van der Waals surface area contributed by atoms with Gasteiger partial charge in [-0.05, 0) is 48.7 Å². The van der Waals surface area contributed by atoms with Crippen LogP contribution >= 0.6 is 23.2 Å². The van der Waals surface area contributed by atoms with E-state index in [0.29, 0.717) is 41.9 Å². The van der Waals surface area contributed by atoms with E-state index in [2.05, 4.69) is 14.9 Å². The molecule has 0 radical (unpaired) electrons. The van der Waals surface area contributed by atoms with Crippen LogP contribution in [0.2, 0.25) is 10.0 Å². The molecule has 0 saturated carbocycles. The van der Waals surface area contributed by atoms with Crippen LogP contribution in [0.15, 0.2) is 60.7 Å². The largest absolute Gasteiger partial charge is 0.482 e. The molecular formula is C31H34Cl2N4O6S. The number of sulfonamides is 1. The second-order valence-electron chi connectivity index (χ2n) is 10.6. The molecule has 3 aromatic rings. The number of nitrogens with one attached hydrogen (secondary N) is 2. The van der Waals surface area contributed by atoms with Gasteiger partial charge in [-0.2, -0.15) is 0 Å². The number of rotatable bonds is 10. The minimum atomic E-state index is -3.40. The molecule has 2 atom stereocenters. The number of benzene rings is 3. The number of carbonyl (C=O) groups excluding carboxylic acids is 2. The summed E-state index contributed by atoms with van der Waals surface area (Å²) in [5, 5.41) is 3.71. The van der Waals surface area contributed by atoms with Crippen LogP contribution in [0, 0.1) is 0 Å². The van der Waals surface area contributed by atoms with Crippen LogP contribution < -0.4 is 19.7 Å². The lowest BCUT2D eigenvalue weighted by atomic mass is 9.99. The van der Waals surface area contributed by atoms with Crippen molar-refractivity contribution in [1.29, 1.82) is 0 Å². The molecule has 0 spiro atoms. The molecule has 1 fully saturated rings. The van der Waals surface area contributed by atoms with Gasteiger partial charge in [-0.25, -0.2) is 8.42 Å². The Bertz CT molecular complexity index is 1630. The highest BCUT2D eigenvalue weighted by Gasteiger charge is 2.35. The SMILES string of the molecule is CCS(=O)(=O)Nc1cccc(-c2ccc(C(CN3CCOCC3)NC(=O)C(C)N3C(=O)COc4cc(Cl)c(Cl)cc43)cc2)c1. The predicted molar refractivity (Wildman–Crippen MR) is 172 cm³/mol. The summed E-state index contributed by atoms with van der Waals surface area (Å²) < 4.78 is 37.7. The molecule has 0 bridgehead atoms. The number of halogens is 2. The van der Waals surface area contributed by atoms with E-state index >= 15 is 0 Å². The van der Waals surface area contributed by atoms with Gasteiger partial charge in [0, 0.05) is 31.4 Å². The molecule has 2 aliphatic rings. The van der Waals surface area contributed by atoms with E-state index in [4.69, 9.17) is 32.7 Å². The highest BCUT2D eigenvalue weighted by atomic mass is 35.5. The molecule has 2 N–H and O–H groups in total. The molecule has 2 amide bonds. The number of carbonyl (C=O) groups is 2. The molecular weight excluding hydrogens is 627 g/mol. The Kier molecular flexibility index (Phi) is 10.0. The number of hydrogen-bond acceptors (Lipinski definition) is 7. The zero-order chi connectivity index (χ0) is 31.4. The van der Waals surface area contributed by atoms with Gasteiger partial charge in [-0.15, -0.1) is 0 Å². The summed E-state index contributed by atoms with van der Waals surface area (Å²) in [4.78, 5) is 30.3. The number of hydrogen-bond donors (Lipinski definition) is 2. The van der Waals surface area contributed by atoms with E-state index in [-0.39, 0.29) is 35.2 Å². The molecule has 234 valence electrons. The van der Waals surface area contributed by atoms with E-state index in [0.717, 1.165) is 29.8 Å². The molecule has 13 heteroatoms. The standard InChI is InChI=1S/C31H34Cl2N4O6S/c1-3-44(40,41)35-24-6-4-5-23(15-24)21-7-9-22(10-8-21)27(18-36-11-13-42-14-12-36)34-31(39)20(2)37-28-16-25(32)26(33)17-29(28)43-19-30(37)38/h4-10,15-17,20,27,35H,3,11-14,18-19H2,1-2H3,(H,34,39). The number of nitrogens with zero attached hydrogens (tertiary/aromatic N) is 2. The van der Waals surface area contributed by atoms with Crippen LogP contribution in [0.5, 0.6) is 5.75 Å². The van der Waals surface area contributed by atoms with Crippen LogP contribution in [0.4, 0.5) is 11.4 Å². The fourth-order valence-corrected chi connectivity index (χ4v) is 6.14. The van der Waals surface area contributed by atoms with Gasteiger partial charge in [0.1, 0.15) is 11.8 Å². The van der Waals surface area contributed by atoms with Crippen LogP contribution in [0.25, 0.3) is 11.1 Å². The van der Waals surface area contributed by atoms with Crippen molar-refractivity contribution >= 4 is 56.4 Å². The maximum Gasteiger partial charge on any atom is 0.265 e. The first kappa shape index (κ1) is 32.1. The lowest BCUT2D eigenvalue weighted by molar-refractivity contribution is -0.128. The molecule has 44 heavy (non-hydrogen) atoms. The number of morpholine rings is 1. The smallest absolute Gasteiger partial charge is 0.265 e. The lowest BCUT2D eigenvalue weighted by Gasteiger charge is -2.35. The van der Waals surface area contributed by atoms with Gasteiger partial charge in [0.25, 0.3) is 5.91 Å². The van der Waals surface area contributed by atoms with E-state index in [9.17, 15) is 18.0 Å². The summed E-state index contributed by atoms with van der Waals surface area (Å²) in [6.07, 6.45) is 0. The summed E-state index contributed by atoms with van der Waals surface area (Å²) in [7, 11) is -3.40. The summed E-state index contributed by atoms with van der Waals surface area (Å²) in [6, 6.07) is 16.8. The van der Waals surface area contributed by atoms with Crippen molar-refractivity contribution in [2.75, 3.05) is 54.8 Å². The van der Waals surface area contributed by atoms with E-state index in [1.807, 2.05) is 30.3 Å². The first-order chi connectivity index (χ1) is 21.0. The molecule has 10 nitrogen and oxygen atoms in total. The van der Waals surface area contributed by atoms with Crippen molar-refractivity contribution in [3.05, 3.63) is 76.3 Å². The maximum absolute atomic E-state index is 13.7. The number of fused-ring (bicyclic) bond motifs is 1. The molecule has 1 saturated heterocycles. The molecule has 2 unspecified atom stereocenters. The Balaban J connectivity index is 1.38. The van der Waals surface area contributed by atoms with Gasteiger partial charge in [0.05, 0.1) is 40.7 Å². The van der Waals surface area contributed by atoms with Crippen molar-refractivity contribution in [1.82, 2.24) is 10.2 Å². The molecule has 2 aliphatic heterocycles. The predicted octanol–water partition coefficient (Wildman–Crippen LogP) is 4.73. The van der Waals surface area contributed by atoms with Gasteiger partial charge in [0.15, 0.2) is 6.61 Å². The van der Waals surface area contributed by atoms with Crippen molar-refractivity contribution in [3.8, 4) is 16.9 Å². The van der Waals surface area contributed by atoms with Crippen molar-refractivity contribution in [3.63, 3.8) is 0 Å². The number of anilines is 2. The molecule has 0 aromatic heterocycles. The van der Waals surface area contributed by atoms with Gasteiger partial charge < -0.3 is 14.8 Å². The van der Waals surface area contributed by atoms with Gasteiger partial charge in [-0.1, -0.05) is 59.6 Å². The zero-order valence-electron chi connectivity index (χ0n) is 24.4. The van der Waals surface area contributed by atoms with Crippen molar-refractivity contribution in [2.24, 2.45) is 0 Å². The van der Waals surface area contributed by atoms with Crippen LogP contribution in [-0.4, -0.2) is 76.4 Å². The average Bonchev–Trinajstić information content (AvgIpc) is 3.02. The summed E-state index contributed by atoms with van der Waals surface area (Å²) in [5.41, 5.74) is 3.49. The Morgan fingerprint density at radius 1 is 1.00 bits per heavy atom. The van der Waals surface area contributed by atoms with E-state index in [1.54, 1.807) is 38.1 Å². The molecule has 3 aromatic carbocycles. The minimum Gasteiger partial charge on any atom is -0.482 e. The average molecular weight is 662 g/mol. The van der Waals surface area contributed by atoms with Gasteiger partial charge in [-0.3, -0.25) is 24.1 Å². The second kappa shape index (κ2) is 13.7. The minimum absolute atomic E-state index is 0.0188. The Morgan fingerprint density at radius 2 is 1.70 bits per heavy atom. The van der Waals surface area contributed by atoms with Crippen molar-refractivity contribution < 1.29 is 27.5 Å². The summed E-state index contributed by atoms with van der Waals surface area (Å²) >= 11 is 12.4. The highest BCUT2D eigenvalue weighted by molar-refractivity contribution is 7.92. The topological polar surface area (TPSA) is 117 Å². The lowest BCUT2D eigenvalue weighted by Crippen LogP contribution is -2.53. The summed E-state index contributed by atoms with van der Waals surface area (Å²) in [5.74, 6) is -0.341. The zero-order valence-corrected chi connectivity index (χ0v) is 26.7. The van der Waals surface area contributed by atoms with Gasteiger partial charge >= 0.3 is 0 Å². The van der Waals surface area contributed by atoms with Crippen LogP contribution in [0.1, 0.15) is 25.5 Å². The maximum atomic E-state index is 13.7. The Morgan fingerprint density at radius 3 is 2.41 bits per heavy atom. The first-order valence-electron chi connectivity index (χ1n) is 14.3. The fourth-order valence-electron chi connectivity index (χ4n) is 5.20. The second-order valence-corrected chi connectivity index (χ2v) is 13.5. The Labute approximate surface area is 267 Å². The Hall–Kier alpha value is -3.35. The molecule has 2 heterocycles. The monoisotopic (exact) mass is 660 g/mol. The number of ether oxygens (including phenoxy) is 2. The van der Waals surface area contributed by atoms with E-state index in [1.165, 1.54) is 11.0 Å². The summed E-state index contributed by atoms with van der Waals surface area (Å²) in [6.45, 7) is 6.25. The fraction of sp³-hybridized carbons (Fsp3) is 0.355. The van der Waals surface area contributed by atoms with E-state index < -0.39 is 16.1 Å². The normalized spacial score (nSPS) is 16.9. The third-order valence-corrected chi connectivity index (χ3v) is 9.70. The quantitative estimate of drug-likeness (QED) is 0.323. The van der Waals surface area contributed by atoms with Crippen molar-refractivity contribution in [2.45, 2.75) is 25.9 Å². The molecule has 0 aliphatic carbocycles. The third-order valence-electron chi connectivity index (χ3n) is 7.67. The first-order valence-corrected chi connectivity index (χ1v) is 16.7.